The van der Waals surface area contributed by atoms with Gasteiger partial charge in [-0.1, -0.05) is 18.2 Å². The fraction of sp³-hybridized carbons (Fsp3) is 0.286. The summed E-state index contributed by atoms with van der Waals surface area (Å²) in [7, 11) is 0. The minimum atomic E-state index is 0.0450. The summed E-state index contributed by atoms with van der Waals surface area (Å²) in [4.78, 5) is 21.7. The number of benzene rings is 2. The molecule has 0 bridgehead atoms. The maximum absolute atomic E-state index is 13.2. The third-order valence-corrected chi connectivity index (χ3v) is 7.85. The summed E-state index contributed by atoms with van der Waals surface area (Å²) in [5.74, 6) is 0.631. The van der Waals surface area contributed by atoms with Crippen molar-refractivity contribution in [2.75, 3.05) is 36.8 Å². The van der Waals surface area contributed by atoms with Crippen molar-refractivity contribution in [1.29, 1.82) is 0 Å². The molecular formula is C28H28N4OS. The number of anilines is 2. The van der Waals surface area contributed by atoms with E-state index in [0.717, 1.165) is 48.2 Å². The Morgan fingerprint density at radius 3 is 2.74 bits per heavy atom. The zero-order valence-corrected chi connectivity index (χ0v) is 19.9. The summed E-state index contributed by atoms with van der Waals surface area (Å²) in [6.45, 7) is 4.07. The molecule has 1 saturated heterocycles. The summed E-state index contributed by atoms with van der Waals surface area (Å²) in [6.07, 6.45) is 4.48. The molecule has 0 amide bonds. The molecule has 34 heavy (non-hydrogen) atoms. The number of nitrogen functional groups attached to an aromatic ring is 1. The van der Waals surface area contributed by atoms with Crippen LogP contribution in [0.3, 0.4) is 0 Å². The smallest absolute Gasteiger partial charge is 0.168 e. The maximum atomic E-state index is 13.2. The zero-order chi connectivity index (χ0) is 23.1. The maximum Gasteiger partial charge on any atom is 0.168 e. The fourth-order valence-corrected chi connectivity index (χ4v) is 5.68. The van der Waals surface area contributed by atoms with Crippen LogP contribution in [0.4, 0.5) is 11.4 Å². The standard InChI is InChI=1S/C28H28N4OS/c29-23-7-5-19(26-2-1-13-34-26)14-21(23)16-25(33)22-15-20-6-8-24(32-11-9-30-10-12-32)27(18-3-4-18)28(20)31-17-22/h1-2,5-8,13-15,17-18,30H,3-4,9-12,16,29H2. The first-order valence-electron chi connectivity index (χ1n) is 12.0. The van der Waals surface area contributed by atoms with Crippen LogP contribution in [-0.4, -0.2) is 36.9 Å². The van der Waals surface area contributed by atoms with Crippen LogP contribution < -0.4 is 16.0 Å². The molecule has 1 saturated carbocycles. The number of carbonyl (C=O) groups excluding carboxylic acids is 1. The second-order valence-corrected chi connectivity index (χ2v) is 10.2. The van der Waals surface area contributed by atoms with Crippen LogP contribution in [0.2, 0.25) is 0 Å². The van der Waals surface area contributed by atoms with Gasteiger partial charge in [-0.15, -0.1) is 11.3 Å². The lowest BCUT2D eigenvalue weighted by atomic mass is 9.97. The SMILES string of the molecule is Nc1ccc(-c2cccs2)cc1CC(=O)c1cnc2c(C3CC3)c(N3CCNCC3)ccc2c1. The van der Waals surface area contributed by atoms with Crippen molar-refractivity contribution >= 4 is 39.4 Å². The monoisotopic (exact) mass is 468 g/mol. The molecule has 3 N–H and O–H groups in total. The molecule has 2 aliphatic rings. The van der Waals surface area contributed by atoms with E-state index in [1.807, 2.05) is 30.3 Å². The van der Waals surface area contributed by atoms with Crippen LogP contribution in [0, 0.1) is 0 Å². The Morgan fingerprint density at radius 1 is 1.12 bits per heavy atom. The molecular weight excluding hydrogens is 440 g/mol. The lowest BCUT2D eigenvalue weighted by Crippen LogP contribution is -2.43. The van der Waals surface area contributed by atoms with Gasteiger partial charge in [0.2, 0.25) is 0 Å². The summed E-state index contributed by atoms with van der Waals surface area (Å²) in [6, 6.07) is 16.5. The number of nitrogens with one attached hydrogen (secondary N) is 1. The molecule has 6 heteroatoms. The zero-order valence-electron chi connectivity index (χ0n) is 19.1. The number of piperazine rings is 1. The molecule has 3 heterocycles. The molecule has 2 fully saturated rings. The van der Waals surface area contributed by atoms with E-state index in [2.05, 4.69) is 33.8 Å². The third-order valence-electron chi connectivity index (χ3n) is 6.93. The molecule has 172 valence electrons. The Hall–Kier alpha value is -3.22. The van der Waals surface area contributed by atoms with Crippen LogP contribution in [0.1, 0.15) is 40.2 Å². The lowest BCUT2D eigenvalue weighted by molar-refractivity contribution is 0.0993. The summed E-state index contributed by atoms with van der Waals surface area (Å²) in [5, 5.41) is 6.54. The molecule has 2 aromatic carbocycles. The Kier molecular flexibility index (Phi) is 5.55. The van der Waals surface area contributed by atoms with Gasteiger partial charge in [0.05, 0.1) is 5.52 Å². The van der Waals surface area contributed by atoms with E-state index in [1.54, 1.807) is 17.5 Å². The molecule has 0 radical (unpaired) electrons. The highest BCUT2D eigenvalue weighted by Crippen LogP contribution is 2.47. The van der Waals surface area contributed by atoms with Crippen LogP contribution >= 0.6 is 11.3 Å². The molecule has 5 nitrogen and oxygen atoms in total. The number of nitrogens with two attached hydrogens (primary N) is 1. The number of nitrogens with zero attached hydrogens (tertiary/aromatic N) is 2. The van der Waals surface area contributed by atoms with Gasteiger partial charge in [-0.25, -0.2) is 0 Å². The van der Waals surface area contributed by atoms with E-state index in [4.69, 9.17) is 10.7 Å². The first-order chi connectivity index (χ1) is 16.7. The first-order valence-corrected chi connectivity index (χ1v) is 12.9. The van der Waals surface area contributed by atoms with Gasteiger partial charge in [-0.2, -0.15) is 0 Å². The third kappa shape index (κ3) is 4.08. The van der Waals surface area contributed by atoms with Gasteiger partial charge in [0.15, 0.2) is 5.78 Å². The Balaban J connectivity index is 1.31. The molecule has 6 rings (SSSR count). The number of hydrogen-bond acceptors (Lipinski definition) is 6. The second-order valence-electron chi connectivity index (χ2n) is 9.30. The largest absolute Gasteiger partial charge is 0.398 e. The number of carbonyl (C=O) groups is 1. The summed E-state index contributed by atoms with van der Waals surface area (Å²) < 4.78 is 0. The molecule has 0 spiro atoms. The molecule has 0 atom stereocenters. The molecule has 2 aromatic heterocycles. The normalized spacial score (nSPS) is 16.2. The Labute approximate surface area is 203 Å². The number of fused-ring (bicyclic) bond motifs is 1. The van der Waals surface area contributed by atoms with Crippen LogP contribution in [-0.2, 0) is 6.42 Å². The van der Waals surface area contributed by atoms with Crippen molar-refractivity contribution in [1.82, 2.24) is 10.3 Å². The minimum absolute atomic E-state index is 0.0450. The van der Waals surface area contributed by atoms with Gasteiger partial charge >= 0.3 is 0 Å². The van der Waals surface area contributed by atoms with Gasteiger partial charge in [0.25, 0.3) is 0 Å². The number of thiophene rings is 1. The van der Waals surface area contributed by atoms with E-state index >= 15 is 0 Å². The molecule has 1 aliphatic carbocycles. The number of rotatable bonds is 6. The number of Topliss-reactive ketones (excluding diaryl/α,β-unsaturated/α-hetero) is 1. The summed E-state index contributed by atoms with van der Waals surface area (Å²) in [5.41, 5.74) is 13.2. The fourth-order valence-electron chi connectivity index (χ4n) is 4.95. The second kappa shape index (κ2) is 8.85. The van der Waals surface area contributed by atoms with Gasteiger partial charge in [-0.3, -0.25) is 9.78 Å². The topological polar surface area (TPSA) is 71.2 Å². The quantitative estimate of drug-likeness (QED) is 0.298. The predicted molar refractivity (Wildman–Crippen MR) is 141 cm³/mol. The number of ketones is 1. The number of pyridine rings is 1. The Bertz CT molecular complexity index is 1350. The van der Waals surface area contributed by atoms with E-state index in [1.165, 1.54) is 29.0 Å². The Morgan fingerprint density at radius 2 is 1.97 bits per heavy atom. The predicted octanol–water partition coefficient (Wildman–Crippen LogP) is 5.26. The average Bonchev–Trinajstić information content (AvgIpc) is 3.57. The van der Waals surface area contributed by atoms with Crippen molar-refractivity contribution in [2.45, 2.75) is 25.2 Å². The molecule has 4 aromatic rings. The van der Waals surface area contributed by atoms with Crippen LogP contribution in [0.5, 0.6) is 0 Å². The van der Waals surface area contributed by atoms with E-state index in [0.29, 0.717) is 17.2 Å². The van der Waals surface area contributed by atoms with Crippen molar-refractivity contribution in [3.8, 4) is 10.4 Å². The lowest BCUT2D eigenvalue weighted by Gasteiger charge is -2.31. The van der Waals surface area contributed by atoms with Gasteiger partial charge in [0.1, 0.15) is 0 Å². The van der Waals surface area contributed by atoms with Crippen molar-refractivity contribution in [3.63, 3.8) is 0 Å². The van der Waals surface area contributed by atoms with E-state index < -0.39 is 0 Å². The van der Waals surface area contributed by atoms with Crippen molar-refractivity contribution in [3.05, 3.63) is 76.8 Å². The van der Waals surface area contributed by atoms with Gasteiger partial charge in [-0.05, 0) is 65.6 Å². The van der Waals surface area contributed by atoms with Gasteiger partial charge < -0.3 is 16.0 Å². The van der Waals surface area contributed by atoms with Crippen molar-refractivity contribution in [2.24, 2.45) is 0 Å². The average molecular weight is 469 g/mol. The molecule has 0 unspecified atom stereocenters. The van der Waals surface area contributed by atoms with E-state index in [-0.39, 0.29) is 12.2 Å². The molecule has 1 aliphatic heterocycles. The minimum Gasteiger partial charge on any atom is -0.398 e. The first kappa shape index (κ1) is 21.3. The number of aromatic nitrogens is 1. The summed E-state index contributed by atoms with van der Waals surface area (Å²) >= 11 is 1.68. The highest BCUT2D eigenvalue weighted by molar-refractivity contribution is 7.13. The highest BCUT2D eigenvalue weighted by Gasteiger charge is 2.31. The van der Waals surface area contributed by atoms with E-state index in [9.17, 15) is 4.79 Å². The highest BCUT2D eigenvalue weighted by atomic mass is 32.1. The van der Waals surface area contributed by atoms with Crippen LogP contribution in [0.15, 0.2) is 60.1 Å². The van der Waals surface area contributed by atoms with Gasteiger partial charge in [0, 0.05) is 71.6 Å². The van der Waals surface area contributed by atoms with Crippen molar-refractivity contribution < 1.29 is 4.79 Å². The number of hydrogen-bond donors (Lipinski definition) is 2. The van der Waals surface area contributed by atoms with Crippen LogP contribution in [0.25, 0.3) is 21.3 Å².